The number of carbonyl (C=O) groups excluding carboxylic acids is 2. The van der Waals surface area contributed by atoms with Gasteiger partial charge in [0.15, 0.2) is 0 Å². The van der Waals surface area contributed by atoms with Crippen LogP contribution in [0.1, 0.15) is 32.3 Å². The third-order valence-corrected chi connectivity index (χ3v) is 4.78. The van der Waals surface area contributed by atoms with Gasteiger partial charge in [0.25, 0.3) is 0 Å². The fourth-order valence-electron chi connectivity index (χ4n) is 3.70. The summed E-state index contributed by atoms with van der Waals surface area (Å²) in [5.41, 5.74) is 0.542. The largest absolute Gasteiger partial charge is 0.445 e. The number of nitrogens with zero attached hydrogens (tertiary/aromatic N) is 1. The van der Waals surface area contributed by atoms with Gasteiger partial charge < -0.3 is 9.64 Å². The molecule has 0 spiro atoms. The molecule has 4 nitrogen and oxygen atoms in total. The molecule has 2 fully saturated rings. The first kappa shape index (κ1) is 14.1. The van der Waals surface area contributed by atoms with E-state index < -0.39 is 5.41 Å². The molecule has 1 aromatic rings. The minimum atomic E-state index is -0.434. The standard InChI is InChI=1S/C17H21NO3/c1-17(2)14-13(15(17)19)9-6-10-18(14)16(20)21-11-12-7-4-3-5-8-12/h3-5,7-8,13-14H,6,9-11H2,1-2H3/t13-,14-/m1/s1. The summed E-state index contributed by atoms with van der Waals surface area (Å²) in [6.45, 7) is 4.83. The minimum Gasteiger partial charge on any atom is -0.445 e. The normalized spacial score (nSPS) is 26.8. The van der Waals surface area contributed by atoms with Crippen LogP contribution in [0.25, 0.3) is 0 Å². The van der Waals surface area contributed by atoms with Gasteiger partial charge in [0, 0.05) is 17.9 Å². The maximum atomic E-state index is 12.3. The second-order valence-electron chi connectivity index (χ2n) is 6.51. The molecule has 2 atom stereocenters. The summed E-state index contributed by atoms with van der Waals surface area (Å²) in [5, 5.41) is 0. The second-order valence-corrected chi connectivity index (χ2v) is 6.51. The molecular weight excluding hydrogens is 266 g/mol. The maximum Gasteiger partial charge on any atom is 0.410 e. The van der Waals surface area contributed by atoms with Gasteiger partial charge >= 0.3 is 6.09 Å². The molecule has 0 unspecified atom stereocenters. The lowest BCUT2D eigenvalue weighted by Gasteiger charge is -2.56. The molecule has 1 aromatic carbocycles. The van der Waals surface area contributed by atoms with Crippen molar-refractivity contribution in [1.82, 2.24) is 4.90 Å². The highest BCUT2D eigenvalue weighted by Crippen LogP contribution is 2.49. The number of ketones is 1. The molecule has 0 radical (unpaired) electrons. The number of ether oxygens (including phenoxy) is 1. The molecule has 1 amide bonds. The van der Waals surface area contributed by atoms with Crippen LogP contribution in [0.15, 0.2) is 30.3 Å². The van der Waals surface area contributed by atoms with Crippen LogP contribution >= 0.6 is 0 Å². The van der Waals surface area contributed by atoms with E-state index in [0.717, 1.165) is 18.4 Å². The molecule has 1 aliphatic carbocycles. The maximum absolute atomic E-state index is 12.3. The van der Waals surface area contributed by atoms with Crippen LogP contribution < -0.4 is 0 Å². The SMILES string of the molecule is CC1(C)C(=O)[C@@H]2CCCN(C(=O)OCc3ccccc3)[C@H]21. The number of Topliss-reactive ketones (excluding diaryl/α,β-unsaturated/α-hetero) is 1. The number of likely N-dealkylation sites (tertiary alicyclic amines) is 1. The Hall–Kier alpha value is -1.84. The van der Waals surface area contributed by atoms with Crippen LogP contribution in [0.5, 0.6) is 0 Å². The Kier molecular flexibility index (Phi) is 3.47. The molecule has 0 bridgehead atoms. The zero-order valence-electron chi connectivity index (χ0n) is 12.5. The predicted molar refractivity (Wildman–Crippen MR) is 78.6 cm³/mol. The van der Waals surface area contributed by atoms with E-state index in [0.29, 0.717) is 6.54 Å². The van der Waals surface area contributed by atoms with E-state index in [1.165, 1.54) is 0 Å². The van der Waals surface area contributed by atoms with Crippen molar-refractivity contribution in [3.8, 4) is 0 Å². The van der Waals surface area contributed by atoms with E-state index in [2.05, 4.69) is 0 Å². The van der Waals surface area contributed by atoms with E-state index in [1.54, 1.807) is 4.90 Å². The molecule has 1 saturated carbocycles. The smallest absolute Gasteiger partial charge is 0.410 e. The van der Waals surface area contributed by atoms with Crippen LogP contribution in [0.3, 0.4) is 0 Å². The Morgan fingerprint density at radius 3 is 2.76 bits per heavy atom. The second kappa shape index (κ2) is 5.17. The molecule has 112 valence electrons. The van der Waals surface area contributed by atoms with Gasteiger partial charge in [-0.05, 0) is 18.4 Å². The number of fused-ring (bicyclic) bond motifs is 1. The van der Waals surface area contributed by atoms with Crippen molar-refractivity contribution < 1.29 is 14.3 Å². The molecule has 4 heteroatoms. The molecule has 0 aromatic heterocycles. The fourth-order valence-corrected chi connectivity index (χ4v) is 3.70. The summed E-state index contributed by atoms with van der Waals surface area (Å²) < 4.78 is 5.42. The zero-order chi connectivity index (χ0) is 15.0. The van der Waals surface area contributed by atoms with Crippen LogP contribution in [0.4, 0.5) is 4.79 Å². The Bertz CT molecular complexity index is 552. The van der Waals surface area contributed by atoms with Crippen molar-refractivity contribution in [2.75, 3.05) is 6.54 Å². The van der Waals surface area contributed by atoms with Crippen LogP contribution in [-0.4, -0.2) is 29.4 Å². The van der Waals surface area contributed by atoms with E-state index in [1.807, 2.05) is 44.2 Å². The average Bonchev–Trinajstić information content (AvgIpc) is 2.52. The van der Waals surface area contributed by atoms with Gasteiger partial charge in [0.1, 0.15) is 12.4 Å². The van der Waals surface area contributed by atoms with Crippen molar-refractivity contribution in [3.05, 3.63) is 35.9 Å². The van der Waals surface area contributed by atoms with E-state index in [4.69, 9.17) is 4.74 Å². The quantitative estimate of drug-likeness (QED) is 0.840. The summed E-state index contributed by atoms with van der Waals surface area (Å²) in [6, 6.07) is 9.65. The number of benzene rings is 1. The molecule has 1 heterocycles. The number of hydrogen-bond donors (Lipinski definition) is 0. The lowest BCUT2D eigenvalue weighted by atomic mass is 9.55. The first-order valence-electron chi connectivity index (χ1n) is 7.53. The highest BCUT2D eigenvalue weighted by Gasteiger charge is 2.60. The van der Waals surface area contributed by atoms with Crippen LogP contribution in [0.2, 0.25) is 0 Å². The third kappa shape index (κ3) is 2.33. The first-order valence-corrected chi connectivity index (χ1v) is 7.53. The number of carbonyl (C=O) groups is 2. The van der Waals surface area contributed by atoms with Crippen molar-refractivity contribution in [3.63, 3.8) is 0 Å². The average molecular weight is 287 g/mol. The first-order chi connectivity index (χ1) is 10.0. The minimum absolute atomic E-state index is 0.00187. The number of hydrogen-bond acceptors (Lipinski definition) is 3. The third-order valence-electron chi connectivity index (χ3n) is 4.78. The van der Waals surface area contributed by atoms with Crippen LogP contribution in [-0.2, 0) is 16.1 Å². The van der Waals surface area contributed by atoms with Gasteiger partial charge in [0.05, 0.1) is 6.04 Å². The molecule has 1 aliphatic heterocycles. The molecule has 3 rings (SSSR count). The van der Waals surface area contributed by atoms with Gasteiger partial charge in [-0.3, -0.25) is 4.79 Å². The molecule has 1 saturated heterocycles. The van der Waals surface area contributed by atoms with E-state index in [-0.39, 0.29) is 30.4 Å². The van der Waals surface area contributed by atoms with Crippen molar-refractivity contribution in [1.29, 1.82) is 0 Å². The Morgan fingerprint density at radius 1 is 1.33 bits per heavy atom. The summed E-state index contributed by atoms with van der Waals surface area (Å²) in [6.07, 6.45) is 1.48. The van der Waals surface area contributed by atoms with E-state index in [9.17, 15) is 9.59 Å². The summed E-state index contributed by atoms with van der Waals surface area (Å²) in [4.78, 5) is 26.2. The monoisotopic (exact) mass is 287 g/mol. The lowest BCUT2D eigenvalue weighted by molar-refractivity contribution is -0.159. The molecule has 2 aliphatic rings. The number of rotatable bonds is 2. The topological polar surface area (TPSA) is 46.6 Å². The molecular formula is C17H21NO3. The lowest BCUT2D eigenvalue weighted by Crippen LogP contribution is -2.69. The summed E-state index contributed by atoms with van der Waals surface area (Å²) in [7, 11) is 0. The van der Waals surface area contributed by atoms with Gasteiger partial charge in [-0.25, -0.2) is 4.79 Å². The highest BCUT2D eigenvalue weighted by molar-refractivity contribution is 5.95. The van der Waals surface area contributed by atoms with Crippen molar-refractivity contribution in [2.45, 2.75) is 39.3 Å². The summed E-state index contributed by atoms with van der Waals surface area (Å²) >= 11 is 0. The van der Waals surface area contributed by atoms with Gasteiger partial charge in [-0.15, -0.1) is 0 Å². The predicted octanol–water partition coefficient (Wildman–Crippen LogP) is 3.01. The van der Waals surface area contributed by atoms with Crippen molar-refractivity contribution in [2.24, 2.45) is 11.3 Å². The Morgan fingerprint density at radius 2 is 2.05 bits per heavy atom. The van der Waals surface area contributed by atoms with Gasteiger partial charge in [-0.1, -0.05) is 44.2 Å². The molecule has 21 heavy (non-hydrogen) atoms. The fraction of sp³-hybridized carbons (Fsp3) is 0.529. The number of amides is 1. The summed E-state index contributed by atoms with van der Waals surface area (Å²) in [5.74, 6) is 0.297. The highest BCUT2D eigenvalue weighted by atomic mass is 16.6. The Balaban J connectivity index is 1.65. The van der Waals surface area contributed by atoms with E-state index >= 15 is 0 Å². The van der Waals surface area contributed by atoms with Crippen molar-refractivity contribution >= 4 is 11.9 Å². The van der Waals surface area contributed by atoms with Gasteiger partial charge in [0.2, 0.25) is 0 Å². The Labute approximate surface area is 125 Å². The van der Waals surface area contributed by atoms with Gasteiger partial charge in [-0.2, -0.15) is 0 Å². The number of piperidine rings is 1. The molecule has 0 N–H and O–H groups in total. The van der Waals surface area contributed by atoms with Crippen LogP contribution in [0, 0.1) is 11.3 Å². The zero-order valence-corrected chi connectivity index (χ0v) is 12.5.